The number of fused-ring (bicyclic) bond motifs is 1. The van der Waals surface area contributed by atoms with Crippen LogP contribution in [0.25, 0.3) is 21.9 Å². The van der Waals surface area contributed by atoms with Crippen molar-refractivity contribution in [2.75, 3.05) is 10.6 Å². The molecular formula is C25H26ClFN4O3. The number of nitrogens with one attached hydrogen (secondary N) is 2. The number of alkyl halides is 1. The molecule has 34 heavy (non-hydrogen) atoms. The monoisotopic (exact) mass is 484 g/mol. The summed E-state index contributed by atoms with van der Waals surface area (Å²) in [6.45, 7) is 7.37. The Hall–Kier alpha value is -3.26. The topological polar surface area (TPSA) is 93.2 Å². The van der Waals surface area contributed by atoms with Gasteiger partial charge in [0.25, 0.3) is 0 Å². The maximum Gasteiger partial charge on any atom is 0.412 e. The number of amides is 2. The quantitative estimate of drug-likeness (QED) is 0.452. The van der Waals surface area contributed by atoms with E-state index in [0.29, 0.717) is 28.3 Å². The zero-order valence-electron chi connectivity index (χ0n) is 19.4. The zero-order valence-corrected chi connectivity index (χ0v) is 20.2. The highest BCUT2D eigenvalue weighted by atomic mass is 35.5. The third-order valence-electron chi connectivity index (χ3n) is 5.44. The van der Waals surface area contributed by atoms with Crippen LogP contribution in [0.1, 0.15) is 39.7 Å². The molecule has 1 fully saturated rings. The molecule has 0 spiro atoms. The van der Waals surface area contributed by atoms with Gasteiger partial charge in [-0.05, 0) is 68.3 Å². The second kappa shape index (κ2) is 9.18. The number of nitrogens with zero attached hydrogens (tertiary/aromatic N) is 2. The molecule has 2 amide bonds. The van der Waals surface area contributed by atoms with E-state index in [9.17, 15) is 14.0 Å². The number of aromatic nitrogens is 2. The molecule has 178 valence electrons. The normalized spacial score (nSPS) is 17.4. The number of hydrogen-bond acceptors (Lipinski definition) is 5. The van der Waals surface area contributed by atoms with Crippen molar-refractivity contribution >= 4 is 45.9 Å². The van der Waals surface area contributed by atoms with Crippen LogP contribution in [-0.2, 0) is 16.0 Å². The van der Waals surface area contributed by atoms with Crippen LogP contribution in [0.2, 0.25) is 5.02 Å². The highest BCUT2D eigenvalue weighted by molar-refractivity contribution is 6.36. The molecule has 1 aliphatic rings. The molecule has 0 saturated heterocycles. The van der Waals surface area contributed by atoms with E-state index in [2.05, 4.69) is 20.6 Å². The van der Waals surface area contributed by atoms with Crippen molar-refractivity contribution in [1.29, 1.82) is 0 Å². The van der Waals surface area contributed by atoms with Crippen LogP contribution in [0.3, 0.4) is 0 Å². The van der Waals surface area contributed by atoms with Crippen LogP contribution in [0, 0.1) is 5.92 Å². The summed E-state index contributed by atoms with van der Waals surface area (Å²) in [4.78, 5) is 33.0. The van der Waals surface area contributed by atoms with Crippen molar-refractivity contribution in [3.63, 3.8) is 0 Å². The SMILES string of the molecule is CCc1c(NC(=O)OC(C)(C)C)cncc1-c1cc(Cl)c2cnc(NC(=O)[C@@H]3C[C@@H]3F)cc2c1. The molecular weight excluding hydrogens is 459 g/mol. The molecule has 0 radical (unpaired) electrons. The predicted octanol–water partition coefficient (Wildman–Crippen LogP) is 6.16. The molecule has 9 heteroatoms. The lowest BCUT2D eigenvalue weighted by atomic mass is 9.97. The molecule has 0 aliphatic heterocycles. The van der Waals surface area contributed by atoms with E-state index in [0.717, 1.165) is 22.1 Å². The molecule has 2 atom stereocenters. The average molecular weight is 485 g/mol. The van der Waals surface area contributed by atoms with Gasteiger partial charge in [0.05, 0.1) is 22.8 Å². The first-order chi connectivity index (χ1) is 16.1. The Morgan fingerprint density at radius 1 is 1.18 bits per heavy atom. The van der Waals surface area contributed by atoms with Crippen LogP contribution in [-0.4, -0.2) is 33.7 Å². The van der Waals surface area contributed by atoms with Gasteiger partial charge in [-0.1, -0.05) is 18.5 Å². The summed E-state index contributed by atoms with van der Waals surface area (Å²) in [6, 6.07) is 5.44. The van der Waals surface area contributed by atoms with E-state index >= 15 is 0 Å². The highest BCUT2D eigenvalue weighted by Crippen LogP contribution is 2.37. The second-order valence-electron chi connectivity index (χ2n) is 9.29. The van der Waals surface area contributed by atoms with Gasteiger partial charge in [0.2, 0.25) is 5.91 Å². The number of pyridine rings is 2. The molecule has 2 N–H and O–H groups in total. The van der Waals surface area contributed by atoms with E-state index in [1.54, 1.807) is 45.4 Å². The Labute approximate surface area is 202 Å². The van der Waals surface area contributed by atoms with Gasteiger partial charge in [-0.2, -0.15) is 0 Å². The first kappa shape index (κ1) is 23.9. The lowest BCUT2D eigenvalue weighted by Gasteiger charge is -2.21. The molecule has 4 rings (SSSR count). The van der Waals surface area contributed by atoms with Crippen LogP contribution < -0.4 is 10.6 Å². The van der Waals surface area contributed by atoms with Gasteiger partial charge < -0.3 is 10.1 Å². The average Bonchev–Trinajstić information content (AvgIpc) is 3.48. The number of rotatable bonds is 5. The largest absolute Gasteiger partial charge is 0.444 e. The number of ether oxygens (including phenoxy) is 1. The van der Waals surface area contributed by atoms with E-state index < -0.39 is 23.8 Å². The number of halogens is 2. The standard InChI is InChI=1S/C25H26ClFN4O3/c1-5-15-17(10-28-12-21(15)30-24(33)34-25(2,3)4)13-6-14-8-22(29-11-18(14)19(26)7-13)31-23(32)16-9-20(16)27/h6-8,10-12,16,20H,5,9H2,1-4H3,(H,30,33)(H,29,31,32)/t16-,20+/m1/s1. The maximum atomic E-state index is 13.2. The van der Waals surface area contributed by atoms with E-state index in [1.807, 2.05) is 19.1 Å². The minimum atomic E-state index is -1.08. The third-order valence-corrected chi connectivity index (χ3v) is 5.76. The smallest absolute Gasteiger partial charge is 0.412 e. The van der Waals surface area contributed by atoms with Gasteiger partial charge >= 0.3 is 6.09 Å². The summed E-state index contributed by atoms with van der Waals surface area (Å²) in [5.41, 5.74) is 2.41. The van der Waals surface area contributed by atoms with Gasteiger partial charge in [0, 0.05) is 23.3 Å². The molecule has 1 saturated carbocycles. The van der Waals surface area contributed by atoms with Crippen molar-refractivity contribution in [3.05, 3.63) is 47.4 Å². The van der Waals surface area contributed by atoms with Gasteiger partial charge in [-0.3, -0.25) is 15.1 Å². The summed E-state index contributed by atoms with van der Waals surface area (Å²) in [6.07, 6.45) is 4.12. The first-order valence-electron chi connectivity index (χ1n) is 11.1. The Morgan fingerprint density at radius 2 is 1.91 bits per heavy atom. The fourth-order valence-corrected chi connectivity index (χ4v) is 4.01. The summed E-state index contributed by atoms with van der Waals surface area (Å²) < 4.78 is 18.6. The van der Waals surface area contributed by atoms with Crippen LogP contribution in [0.15, 0.2) is 36.8 Å². The number of anilines is 2. The third kappa shape index (κ3) is 5.28. The number of carbonyl (C=O) groups is 2. The van der Waals surface area contributed by atoms with E-state index in [-0.39, 0.29) is 12.3 Å². The number of hydrogen-bond donors (Lipinski definition) is 2. The Bertz CT molecular complexity index is 1270. The molecule has 7 nitrogen and oxygen atoms in total. The van der Waals surface area contributed by atoms with Gasteiger partial charge in [0.1, 0.15) is 17.6 Å². The second-order valence-corrected chi connectivity index (χ2v) is 9.70. The van der Waals surface area contributed by atoms with Crippen LogP contribution in [0.4, 0.5) is 20.7 Å². The molecule has 1 aliphatic carbocycles. The van der Waals surface area contributed by atoms with Crippen molar-refractivity contribution < 1.29 is 18.7 Å². The van der Waals surface area contributed by atoms with E-state index in [4.69, 9.17) is 16.3 Å². The zero-order chi connectivity index (χ0) is 24.6. The molecule has 0 unspecified atom stereocenters. The van der Waals surface area contributed by atoms with Gasteiger partial charge in [0.15, 0.2) is 0 Å². The molecule has 2 heterocycles. The molecule has 1 aromatic carbocycles. The fourth-order valence-electron chi connectivity index (χ4n) is 3.73. The summed E-state index contributed by atoms with van der Waals surface area (Å²) in [5, 5.41) is 7.41. The molecule has 0 bridgehead atoms. The fraction of sp³-hybridized carbons (Fsp3) is 0.360. The van der Waals surface area contributed by atoms with Crippen LogP contribution in [0.5, 0.6) is 0 Å². The minimum absolute atomic E-state index is 0.246. The Morgan fingerprint density at radius 3 is 2.56 bits per heavy atom. The minimum Gasteiger partial charge on any atom is -0.444 e. The van der Waals surface area contributed by atoms with Crippen molar-refractivity contribution in [1.82, 2.24) is 9.97 Å². The first-order valence-corrected chi connectivity index (χ1v) is 11.4. The Kier molecular flexibility index (Phi) is 6.45. The number of benzene rings is 1. The highest BCUT2D eigenvalue weighted by Gasteiger charge is 2.43. The predicted molar refractivity (Wildman–Crippen MR) is 131 cm³/mol. The Balaban J connectivity index is 1.68. The summed E-state index contributed by atoms with van der Waals surface area (Å²) >= 11 is 6.55. The summed E-state index contributed by atoms with van der Waals surface area (Å²) in [5.74, 6) is -0.648. The van der Waals surface area contributed by atoms with Crippen molar-refractivity contribution in [3.8, 4) is 11.1 Å². The summed E-state index contributed by atoms with van der Waals surface area (Å²) in [7, 11) is 0. The van der Waals surface area contributed by atoms with Crippen molar-refractivity contribution in [2.24, 2.45) is 5.92 Å². The lowest BCUT2D eigenvalue weighted by molar-refractivity contribution is -0.117. The van der Waals surface area contributed by atoms with E-state index in [1.165, 1.54) is 0 Å². The maximum absolute atomic E-state index is 13.2. The lowest BCUT2D eigenvalue weighted by Crippen LogP contribution is -2.27. The van der Waals surface area contributed by atoms with Gasteiger partial charge in [-0.15, -0.1) is 0 Å². The molecule has 3 aromatic rings. The van der Waals surface area contributed by atoms with Gasteiger partial charge in [-0.25, -0.2) is 14.2 Å². The number of carbonyl (C=O) groups excluding carboxylic acids is 2. The molecule has 2 aromatic heterocycles. The van der Waals surface area contributed by atoms with Crippen LogP contribution >= 0.6 is 11.6 Å². The van der Waals surface area contributed by atoms with Crippen molar-refractivity contribution in [2.45, 2.75) is 52.3 Å².